The summed E-state index contributed by atoms with van der Waals surface area (Å²) in [5.74, 6) is 0.127. The van der Waals surface area contributed by atoms with Crippen molar-refractivity contribution >= 4 is 17.2 Å². The maximum absolute atomic E-state index is 12.8. The Hall–Kier alpha value is -1.97. The highest BCUT2D eigenvalue weighted by molar-refractivity contribution is 7.15. The summed E-state index contributed by atoms with van der Waals surface area (Å²) in [5.41, 5.74) is 0.754. The summed E-state index contributed by atoms with van der Waals surface area (Å²) in [6.07, 6.45) is -1.89. The van der Waals surface area contributed by atoms with Gasteiger partial charge < -0.3 is 10.4 Å². The molecule has 29 heavy (non-hydrogen) atoms. The number of rotatable bonds is 4. The number of nitrogens with zero attached hydrogens (tertiary/aromatic N) is 2. The number of hydrogen-bond donors (Lipinski definition) is 2. The van der Waals surface area contributed by atoms with Gasteiger partial charge in [0.25, 0.3) is 0 Å². The molecule has 9 heteroatoms. The number of hydrogen-bond acceptors (Lipinski definition) is 5. The number of carbonyl (C=O) groups excluding carboxylic acids is 1. The van der Waals surface area contributed by atoms with Gasteiger partial charge in [-0.15, -0.1) is 11.3 Å². The first-order valence-corrected chi connectivity index (χ1v) is 10.4. The Kier molecular flexibility index (Phi) is 5.39. The third-order valence-corrected chi connectivity index (χ3v) is 7.00. The smallest absolute Gasteiger partial charge is 0.391 e. The maximum atomic E-state index is 12.8. The molecule has 0 unspecified atom stereocenters. The molecule has 0 radical (unpaired) electrons. The first-order valence-electron chi connectivity index (χ1n) is 9.54. The molecular weight excluding hydrogens is 403 g/mol. The molecule has 0 aliphatic carbocycles. The van der Waals surface area contributed by atoms with Crippen LogP contribution in [0, 0.1) is 5.41 Å². The zero-order valence-corrected chi connectivity index (χ0v) is 16.6. The minimum absolute atomic E-state index is 0.0703. The van der Waals surface area contributed by atoms with E-state index in [2.05, 4.69) is 15.2 Å². The van der Waals surface area contributed by atoms with E-state index in [1.165, 1.54) is 23.5 Å². The third-order valence-electron chi connectivity index (χ3n) is 5.87. The van der Waals surface area contributed by atoms with E-state index < -0.39 is 11.7 Å². The van der Waals surface area contributed by atoms with Gasteiger partial charge in [-0.1, -0.05) is 12.1 Å². The third kappa shape index (κ3) is 4.31. The van der Waals surface area contributed by atoms with Crippen molar-refractivity contribution in [1.82, 2.24) is 15.2 Å². The van der Waals surface area contributed by atoms with Crippen molar-refractivity contribution in [2.24, 2.45) is 5.41 Å². The van der Waals surface area contributed by atoms with E-state index >= 15 is 0 Å². The van der Waals surface area contributed by atoms with Gasteiger partial charge >= 0.3 is 6.18 Å². The summed E-state index contributed by atoms with van der Waals surface area (Å²) < 4.78 is 38.3. The molecule has 2 aliphatic rings. The summed E-state index contributed by atoms with van der Waals surface area (Å²) in [6.45, 7) is 2.89. The van der Waals surface area contributed by atoms with Crippen LogP contribution in [0.4, 0.5) is 13.2 Å². The van der Waals surface area contributed by atoms with Gasteiger partial charge in [-0.3, -0.25) is 9.69 Å². The van der Waals surface area contributed by atoms with Crippen LogP contribution in [0.1, 0.15) is 35.4 Å². The van der Waals surface area contributed by atoms with E-state index in [0.29, 0.717) is 23.5 Å². The Morgan fingerprint density at radius 1 is 1.21 bits per heavy atom. The van der Waals surface area contributed by atoms with Crippen LogP contribution in [-0.2, 0) is 24.1 Å². The second-order valence-electron chi connectivity index (χ2n) is 7.85. The number of aliphatic hydroxyl groups is 1. The average Bonchev–Trinajstić information content (AvgIpc) is 3.27. The lowest BCUT2D eigenvalue weighted by Crippen LogP contribution is -2.40. The molecule has 1 aromatic heterocycles. The lowest BCUT2D eigenvalue weighted by molar-refractivity contribution is -0.137. The lowest BCUT2D eigenvalue weighted by atomic mass is 9.77. The molecule has 2 aromatic rings. The van der Waals surface area contributed by atoms with Crippen LogP contribution in [0.3, 0.4) is 0 Å². The number of nitrogens with one attached hydrogen (secondary N) is 1. The van der Waals surface area contributed by atoms with Crippen molar-refractivity contribution in [3.05, 3.63) is 40.4 Å². The number of carbonyl (C=O) groups is 1. The van der Waals surface area contributed by atoms with Gasteiger partial charge in [0.05, 0.1) is 22.7 Å². The number of alkyl halides is 3. The number of thiazole rings is 1. The van der Waals surface area contributed by atoms with Crippen molar-refractivity contribution in [3.8, 4) is 10.6 Å². The van der Waals surface area contributed by atoms with E-state index in [1.807, 2.05) is 0 Å². The van der Waals surface area contributed by atoms with Crippen LogP contribution < -0.4 is 5.32 Å². The Morgan fingerprint density at radius 3 is 2.45 bits per heavy atom. The summed E-state index contributed by atoms with van der Waals surface area (Å²) >= 11 is 1.31. The maximum Gasteiger partial charge on any atom is 0.416 e. The van der Waals surface area contributed by atoms with Crippen LogP contribution in [0.25, 0.3) is 10.6 Å². The molecule has 2 fully saturated rings. The lowest BCUT2D eigenvalue weighted by Gasteiger charge is -2.38. The second kappa shape index (κ2) is 7.70. The van der Waals surface area contributed by atoms with Crippen molar-refractivity contribution in [1.29, 1.82) is 0 Å². The van der Waals surface area contributed by atoms with Crippen LogP contribution in [0.5, 0.6) is 0 Å². The molecule has 5 nitrogen and oxygen atoms in total. The predicted molar refractivity (Wildman–Crippen MR) is 103 cm³/mol. The van der Waals surface area contributed by atoms with E-state index in [4.69, 9.17) is 0 Å². The van der Waals surface area contributed by atoms with Gasteiger partial charge in [-0.05, 0) is 43.5 Å². The SMILES string of the molecule is O=C1CC2(CCN(Cc3nc(-c4ccc(C(F)(F)F)cc4)sc3CO)CC2)CN1. The number of benzene rings is 1. The first kappa shape index (κ1) is 20.3. The highest BCUT2D eigenvalue weighted by Gasteiger charge is 2.40. The van der Waals surface area contributed by atoms with Crippen molar-refractivity contribution in [2.45, 2.75) is 38.6 Å². The molecule has 1 spiro atoms. The van der Waals surface area contributed by atoms with E-state index in [0.717, 1.165) is 55.2 Å². The number of halogens is 3. The van der Waals surface area contributed by atoms with Gasteiger partial charge in [0.15, 0.2) is 0 Å². The van der Waals surface area contributed by atoms with Crippen molar-refractivity contribution in [2.75, 3.05) is 19.6 Å². The molecule has 3 heterocycles. The first-order chi connectivity index (χ1) is 13.8. The summed E-state index contributed by atoms with van der Waals surface area (Å²) in [4.78, 5) is 19.2. The van der Waals surface area contributed by atoms with Gasteiger partial charge in [0, 0.05) is 25.1 Å². The fourth-order valence-corrected chi connectivity index (χ4v) is 4.99. The quantitative estimate of drug-likeness (QED) is 0.788. The highest BCUT2D eigenvalue weighted by Crippen LogP contribution is 2.38. The zero-order valence-electron chi connectivity index (χ0n) is 15.8. The molecule has 1 amide bonds. The van der Waals surface area contributed by atoms with Crippen LogP contribution in [0.2, 0.25) is 0 Å². The molecule has 1 aromatic carbocycles. The summed E-state index contributed by atoms with van der Waals surface area (Å²) in [6, 6.07) is 4.94. The van der Waals surface area contributed by atoms with Gasteiger partial charge in [-0.25, -0.2) is 4.98 Å². The largest absolute Gasteiger partial charge is 0.416 e. The fourth-order valence-electron chi connectivity index (χ4n) is 4.06. The van der Waals surface area contributed by atoms with E-state index in [1.54, 1.807) is 0 Å². The minimum atomic E-state index is -4.37. The molecule has 2 aliphatic heterocycles. The standard InChI is InChI=1S/C20H22F3N3O2S/c21-20(22,23)14-3-1-13(2-4-14)18-25-15(16(11-27)29-18)10-26-7-5-19(6-8-26)9-17(28)24-12-19/h1-4,27H,5-12H2,(H,24,28). The van der Waals surface area contributed by atoms with Crippen LogP contribution >= 0.6 is 11.3 Å². The molecule has 0 saturated carbocycles. The zero-order chi connectivity index (χ0) is 20.6. The van der Waals surface area contributed by atoms with Gasteiger partial charge in [-0.2, -0.15) is 13.2 Å². The van der Waals surface area contributed by atoms with Crippen LogP contribution in [0.15, 0.2) is 24.3 Å². The molecule has 0 bridgehead atoms. The molecule has 2 saturated heterocycles. The topological polar surface area (TPSA) is 65.5 Å². The van der Waals surface area contributed by atoms with Crippen molar-refractivity contribution in [3.63, 3.8) is 0 Å². The normalized spacial score (nSPS) is 19.7. The second-order valence-corrected chi connectivity index (χ2v) is 8.94. The summed E-state index contributed by atoms with van der Waals surface area (Å²) in [7, 11) is 0. The number of aliphatic hydroxyl groups excluding tert-OH is 1. The Bertz CT molecular complexity index is 887. The Balaban J connectivity index is 1.45. The number of aromatic nitrogens is 1. The fraction of sp³-hybridized carbons (Fsp3) is 0.500. The van der Waals surface area contributed by atoms with Crippen molar-refractivity contribution < 1.29 is 23.1 Å². The Morgan fingerprint density at radius 2 is 1.90 bits per heavy atom. The van der Waals surface area contributed by atoms with E-state index in [-0.39, 0.29) is 17.9 Å². The number of amides is 1. The molecule has 0 atom stereocenters. The molecular formula is C20H22F3N3O2S. The Labute approximate surface area is 170 Å². The van der Waals surface area contributed by atoms with E-state index in [9.17, 15) is 23.1 Å². The summed E-state index contributed by atoms with van der Waals surface area (Å²) in [5, 5.41) is 13.2. The molecule has 156 valence electrons. The number of likely N-dealkylation sites (tertiary alicyclic amines) is 1. The highest BCUT2D eigenvalue weighted by atomic mass is 32.1. The molecule has 4 rings (SSSR count). The monoisotopic (exact) mass is 425 g/mol. The van der Waals surface area contributed by atoms with Gasteiger partial charge in [0.1, 0.15) is 5.01 Å². The average molecular weight is 425 g/mol. The molecule has 2 N–H and O–H groups in total. The predicted octanol–water partition coefficient (Wildman–Crippen LogP) is 3.42. The minimum Gasteiger partial charge on any atom is -0.391 e. The number of piperidine rings is 1. The van der Waals surface area contributed by atoms with Gasteiger partial charge in [0.2, 0.25) is 5.91 Å². The van der Waals surface area contributed by atoms with Crippen LogP contribution in [-0.4, -0.2) is 40.5 Å².